The lowest BCUT2D eigenvalue weighted by Crippen LogP contribution is -2.46. The molecule has 4 aromatic rings. The zero-order valence-corrected chi connectivity index (χ0v) is 76.0. The Morgan fingerprint density at radius 1 is 0.441 bits per heavy atom. The van der Waals surface area contributed by atoms with Crippen LogP contribution in [0.25, 0.3) is 0 Å². The van der Waals surface area contributed by atoms with Crippen LogP contribution in [-0.2, 0) is 102 Å². The maximum atomic E-state index is 13.0. The van der Waals surface area contributed by atoms with Crippen molar-refractivity contribution in [2.75, 3.05) is 75.7 Å². The molecule has 0 aliphatic carbocycles. The number of H-pyrrole nitrogens is 4. The number of aromatic amines is 4. The summed E-state index contributed by atoms with van der Waals surface area (Å²) in [5.74, 6) is 1.16. The lowest BCUT2D eigenvalue weighted by molar-refractivity contribution is -0.118. The maximum absolute atomic E-state index is 13.0. The second-order valence-corrected chi connectivity index (χ2v) is 45.3. The Balaban J connectivity index is 0.000000179. The number of ether oxygens (including phenoxy) is 4. The molecule has 8 aliphatic heterocycles. The molecule has 8 fully saturated rings. The third kappa shape index (κ3) is 24.1. The number of carbonyl (C=O) groups is 4. The Labute approximate surface area is 711 Å². The van der Waals surface area contributed by atoms with Crippen molar-refractivity contribution in [1.29, 1.82) is 0 Å². The lowest BCUT2D eigenvalue weighted by atomic mass is 9.99. The highest BCUT2D eigenvalue weighted by Crippen LogP contribution is 2.63. The van der Waals surface area contributed by atoms with Crippen LogP contribution in [0.2, 0.25) is 0 Å². The smallest absolute Gasteiger partial charge is 0.347 e. The zero-order chi connectivity index (χ0) is 87.4. The molecule has 0 aromatic carbocycles. The normalized spacial score (nSPS) is 34.1. The van der Waals surface area contributed by atoms with E-state index in [4.69, 9.17) is 111 Å². The molecule has 6 N–H and O–H groups in total. The molecular formula is C66H94Cl4N10O30P4S4. The third-order valence-corrected chi connectivity index (χ3v) is 30.9. The van der Waals surface area contributed by atoms with Crippen molar-refractivity contribution in [3.8, 4) is 0 Å². The van der Waals surface area contributed by atoms with E-state index in [0.717, 1.165) is 65.3 Å². The van der Waals surface area contributed by atoms with Crippen LogP contribution in [0.4, 0.5) is 0 Å². The number of rotatable bonds is 22. The van der Waals surface area contributed by atoms with E-state index in [9.17, 15) is 75.8 Å². The SMILES string of the molecule is CC(C)(C)C(=O)SCCN[P@@]1(=O)OC[C@H]2O[C@@H](n3ccc(=O)[nH]c3=O)[C@](C)(Cl)[C@@H]2O1.CC(C)(C)C(=O)SCCN[P@]1(=O)OC[C@H]2O[C@@H](n3ccc(=O)[nH]c3=O)[C@](C)(Cl)[C@@H]2O1.CC(C)C(=O)SCCOP1(=O)OC[C@H]2O[C@@H](n3ccc(=O)[nH]c3=O)[C@](C)(Cl)[C@@H]2O1.CC(C)C(=O)SCCO[P@@]1(=O)OC[C@H]2O[C@@H](n3ccc(=O)[nH]c3=O)[C@](C)(Cl)[C@@H]2O1. The fourth-order valence-electron chi connectivity index (χ4n) is 12.2. The van der Waals surface area contributed by atoms with Crippen molar-refractivity contribution in [1.82, 2.24) is 48.4 Å². The number of aromatic nitrogens is 8. The van der Waals surface area contributed by atoms with Crippen molar-refractivity contribution in [3.05, 3.63) is 132 Å². The summed E-state index contributed by atoms with van der Waals surface area (Å²) in [7, 11) is -15.2. The molecule has 0 saturated carbocycles. The molecule has 8 aliphatic rings. The van der Waals surface area contributed by atoms with Gasteiger partial charge >= 0.3 is 53.9 Å². The number of hydrogen-bond donors (Lipinski definition) is 6. The number of halogens is 4. The third-order valence-electron chi connectivity index (χ3n) is 18.3. The molecular weight excluding hydrogens is 1810 g/mol. The number of hydrogen-bond acceptors (Lipinski definition) is 34. The molecule has 8 saturated heterocycles. The predicted molar refractivity (Wildman–Crippen MR) is 438 cm³/mol. The van der Waals surface area contributed by atoms with E-state index in [1.165, 1.54) is 49.1 Å². The quantitative estimate of drug-likeness (QED) is 0.0252. The molecule has 118 heavy (non-hydrogen) atoms. The summed E-state index contributed by atoms with van der Waals surface area (Å²) >= 11 is 31.1. The number of thioether (sulfide) groups is 4. The Morgan fingerprint density at radius 2 is 0.695 bits per heavy atom. The van der Waals surface area contributed by atoms with Gasteiger partial charge in [-0.15, -0.1) is 46.4 Å². The van der Waals surface area contributed by atoms with E-state index in [-0.39, 0.29) is 85.0 Å². The first-order chi connectivity index (χ1) is 54.7. The molecule has 0 radical (unpaired) electrons. The van der Waals surface area contributed by atoms with Crippen molar-refractivity contribution < 1.29 is 102 Å². The monoisotopic (exact) mass is 1900 g/mol. The van der Waals surface area contributed by atoms with E-state index in [1.54, 1.807) is 55.4 Å². The van der Waals surface area contributed by atoms with Gasteiger partial charge in [-0.3, -0.25) is 122 Å². The van der Waals surface area contributed by atoms with Crippen LogP contribution in [0.1, 0.15) is 122 Å². The molecule has 12 heterocycles. The Kier molecular flexibility index (Phi) is 32.7. The summed E-state index contributed by atoms with van der Waals surface area (Å²) in [6.45, 7) is 24.6. The Morgan fingerprint density at radius 3 is 0.941 bits per heavy atom. The largest absolute Gasteiger partial charge is 0.475 e. The van der Waals surface area contributed by atoms with Gasteiger partial charge in [0.05, 0.1) is 39.6 Å². The first-order valence-corrected chi connectivity index (χ1v) is 48.0. The van der Waals surface area contributed by atoms with E-state index in [1.807, 2.05) is 41.5 Å². The van der Waals surface area contributed by atoms with E-state index < -0.39 is 180 Å². The fourth-order valence-corrected chi connectivity index (χ4v) is 23.5. The Bertz CT molecular complexity index is 4730. The first-order valence-electron chi connectivity index (χ1n) is 36.6. The predicted octanol–water partition coefficient (Wildman–Crippen LogP) is 7.48. The molecule has 40 nitrogen and oxygen atoms in total. The van der Waals surface area contributed by atoms with Crippen LogP contribution in [-0.4, -0.2) is 203 Å². The second-order valence-electron chi connectivity index (χ2n) is 30.9. The highest BCUT2D eigenvalue weighted by molar-refractivity contribution is 8.14. The topological polar surface area (TPSA) is 509 Å². The number of carbonyl (C=O) groups excluding carboxylic acids is 4. The minimum Gasteiger partial charge on any atom is -0.347 e. The highest BCUT2D eigenvalue weighted by Gasteiger charge is 2.64. The number of fused-ring (bicyclic) bond motifs is 4. The molecule has 52 heteroatoms. The van der Waals surface area contributed by atoms with Gasteiger partial charge in [0.15, 0.2) is 45.4 Å². The molecule has 20 atom stereocenters. The van der Waals surface area contributed by atoms with E-state index >= 15 is 0 Å². The van der Waals surface area contributed by atoms with Gasteiger partial charge in [0.2, 0.25) is 0 Å². The summed E-state index contributed by atoms with van der Waals surface area (Å²) < 4.78 is 134. The summed E-state index contributed by atoms with van der Waals surface area (Å²) in [6, 6.07) is 4.70. The molecule has 660 valence electrons. The average molecular weight is 1900 g/mol. The van der Waals surface area contributed by atoms with Gasteiger partial charge in [0.25, 0.3) is 22.2 Å². The van der Waals surface area contributed by atoms with Gasteiger partial charge in [-0.2, -0.15) is 0 Å². The van der Waals surface area contributed by atoms with Gasteiger partial charge in [0.1, 0.15) is 68.3 Å². The summed E-state index contributed by atoms with van der Waals surface area (Å²) in [5.41, 5.74) is -5.86. The van der Waals surface area contributed by atoms with Crippen LogP contribution in [0.5, 0.6) is 0 Å². The van der Waals surface area contributed by atoms with Gasteiger partial charge in [-0.1, -0.05) is 116 Å². The van der Waals surface area contributed by atoms with Gasteiger partial charge in [-0.05, 0) is 27.7 Å². The summed E-state index contributed by atoms with van der Waals surface area (Å²) in [4.78, 5) is 144. The molecule has 1 unspecified atom stereocenters. The Hall–Kier alpha value is -3.76. The van der Waals surface area contributed by atoms with E-state index in [0.29, 0.717) is 23.0 Å². The maximum Gasteiger partial charge on any atom is 0.475 e. The van der Waals surface area contributed by atoms with Crippen LogP contribution in [0, 0.1) is 22.7 Å². The lowest BCUT2D eigenvalue weighted by Gasteiger charge is -2.35. The van der Waals surface area contributed by atoms with Crippen LogP contribution >= 0.6 is 125 Å². The van der Waals surface area contributed by atoms with Gasteiger partial charge in [-0.25, -0.2) is 47.6 Å². The standard InChI is InChI=1S/2C17H25ClN3O7PS.2C16H22ClN2O8PS/c2*1-16(2,3)14(23)30-8-6-19-29(25)26-9-10-12(28-29)17(4,18)13(27-10)21-7-5-11(22)20-15(21)24;2*1-9(2)13(21)29-7-6-24-28(23)25-8-10-12(27-28)16(3,17)14(26-10)19-5-4-11(20)18-15(19)22/h2*5,7,10,12-13H,6,8-9H2,1-4H3,(H,19,25)(H,20,22,24);2*4-5,9-10,12,14H,6-8H2,1-3H3,(H,18,20,22)/t10-,12-,13-,17-,29+;10-,12-,13-,17-,29-;10-,12-,14-,16-,28?;10-,12-,14-,16-,28+/m1111/s1. The fraction of sp³-hybridized carbons (Fsp3) is 0.697. The minimum absolute atomic E-state index is 0.00383. The zero-order valence-electron chi connectivity index (χ0n) is 66.2. The number of phosphoric ester groups is 2. The molecule has 4 aromatic heterocycles. The number of nitrogens with one attached hydrogen (secondary N) is 6. The first kappa shape index (κ1) is 98.0. The van der Waals surface area contributed by atoms with Crippen molar-refractivity contribution in [3.63, 3.8) is 0 Å². The second kappa shape index (κ2) is 39.4. The van der Waals surface area contributed by atoms with Crippen molar-refractivity contribution >= 4 is 145 Å². The minimum atomic E-state index is -3.92. The summed E-state index contributed by atoms with van der Waals surface area (Å²) in [6.07, 6.45) is -4.95. The molecule has 0 amide bonds. The van der Waals surface area contributed by atoms with Gasteiger partial charge < -0.3 is 18.9 Å². The number of alkyl halides is 4. The number of phosphoric acid groups is 2. The summed E-state index contributed by atoms with van der Waals surface area (Å²) in [5, 5.41) is 5.54. The van der Waals surface area contributed by atoms with Crippen LogP contribution in [0.3, 0.4) is 0 Å². The number of nitrogens with zero attached hydrogens (tertiary/aromatic N) is 4. The van der Waals surface area contributed by atoms with Crippen LogP contribution < -0.4 is 55.2 Å². The van der Waals surface area contributed by atoms with E-state index in [2.05, 4.69) is 30.1 Å². The average Bonchev–Trinajstić information content (AvgIpc) is 1.61. The van der Waals surface area contributed by atoms with Crippen molar-refractivity contribution in [2.45, 2.75) is 190 Å². The molecule has 0 bridgehead atoms. The molecule has 0 spiro atoms. The van der Waals surface area contributed by atoms with Gasteiger partial charge in [0, 0.05) is 108 Å². The highest BCUT2D eigenvalue weighted by atomic mass is 35.5. The van der Waals surface area contributed by atoms with Crippen LogP contribution in [0.15, 0.2) is 87.4 Å². The van der Waals surface area contributed by atoms with Crippen molar-refractivity contribution in [2.24, 2.45) is 22.7 Å². The molecule has 12 rings (SSSR count).